The largest absolute Gasteiger partial charge is 0.493 e. The molecule has 0 saturated carbocycles. The van der Waals surface area contributed by atoms with Crippen LogP contribution in [0.2, 0.25) is 5.28 Å². The number of aromatic nitrogens is 3. The van der Waals surface area contributed by atoms with E-state index in [0.29, 0.717) is 48.8 Å². The van der Waals surface area contributed by atoms with Crippen LogP contribution in [0.15, 0.2) is 18.5 Å². The van der Waals surface area contributed by atoms with Gasteiger partial charge in [0.05, 0.1) is 27.4 Å². The molecule has 26 heavy (non-hydrogen) atoms. The van der Waals surface area contributed by atoms with Crippen LogP contribution >= 0.6 is 11.6 Å². The molecule has 1 aliphatic heterocycles. The van der Waals surface area contributed by atoms with Gasteiger partial charge in [0.1, 0.15) is 13.1 Å². The summed E-state index contributed by atoms with van der Waals surface area (Å²) >= 11 is 5.80. The van der Waals surface area contributed by atoms with E-state index in [-0.39, 0.29) is 5.28 Å². The van der Waals surface area contributed by atoms with Gasteiger partial charge in [0.15, 0.2) is 11.5 Å². The monoisotopic (exact) mass is 381 g/mol. The topological polar surface area (TPSA) is 90.9 Å². The van der Waals surface area contributed by atoms with Crippen molar-refractivity contribution >= 4 is 23.2 Å². The van der Waals surface area contributed by atoms with E-state index in [0.717, 1.165) is 13.1 Å². The number of nitrogens with zero attached hydrogens (tertiary/aromatic N) is 4. The van der Waals surface area contributed by atoms with E-state index in [2.05, 4.69) is 25.2 Å². The molecule has 1 fully saturated rings. The number of anilines is 2. The third kappa shape index (κ3) is 4.63. The highest BCUT2D eigenvalue weighted by atomic mass is 35.5. The molecule has 9 nitrogen and oxygen atoms in total. The van der Waals surface area contributed by atoms with Gasteiger partial charge in [-0.15, -0.1) is 0 Å². The minimum atomic E-state index is 0.103. The van der Waals surface area contributed by atoms with E-state index in [9.17, 15) is 0 Å². The number of halogens is 1. The van der Waals surface area contributed by atoms with E-state index < -0.39 is 0 Å². The number of methoxy groups -OCH3 is 2. The highest BCUT2D eigenvalue weighted by molar-refractivity contribution is 6.28. The van der Waals surface area contributed by atoms with Crippen LogP contribution in [-0.2, 0) is 4.74 Å². The predicted molar refractivity (Wildman–Crippen MR) is 95.6 cm³/mol. The Morgan fingerprint density at radius 2 is 1.92 bits per heavy atom. The van der Waals surface area contributed by atoms with Crippen molar-refractivity contribution in [3.05, 3.63) is 23.7 Å². The number of nitrogens with one attached hydrogen (secondary N) is 1. The van der Waals surface area contributed by atoms with Gasteiger partial charge in [0.25, 0.3) is 0 Å². The van der Waals surface area contributed by atoms with Crippen LogP contribution in [0.3, 0.4) is 0 Å². The van der Waals surface area contributed by atoms with Crippen molar-refractivity contribution in [2.75, 3.05) is 52.6 Å². The quantitative estimate of drug-likeness (QED) is 0.772. The molecule has 1 aromatic carbocycles. The second kappa shape index (κ2) is 8.84. The number of ether oxygens (including phenoxy) is 4. The maximum atomic E-state index is 5.96. The molecule has 10 heteroatoms. The minimum Gasteiger partial charge on any atom is -0.493 e. The first-order valence-corrected chi connectivity index (χ1v) is 8.38. The van der Waals surface area contributed by atoms with Gasteiger partial charge in [-0.2, -0.15) is 4.98 Å². The second-order valence-electron chi connectivity index (χ2n) is 5.42. The van der Waals surface area contributed by atoms with Gasteiger partial charge < -0.3 is 24.3 Å². The summed E-state index contributed by atoms with van der Waals surface area (Å²) in [5, 5.41) is 3.16. The second-order valence-corrected chi connectivity index (χ2v) is 5.75. The van der Waals surface area contributed by atoms with Crippen LogP contribution in [0.4, 0.5) is 11.6 Å². The molecular formula is C16H20ClN5O4. The summed E-state index contributed by atoms with van der Waals surface area (Å²) in [6, 6.07) is 3.55. The third-order valence-electron chi connectivity index (χ3n) is 3.75. The van der Waals surface area contributed by atoms with Crippen molar-refractivity contribution in [1.29, 1.82) is 0 Å². The Labute approximate surface area is 156 Å². The van der Waals surface area contributed by atoms with Crippen LogP contribution < -0.4 is 19.5 Å². The van der Waals surface area contributed by atoms with E-state index in [1.54, 1.807) is 26.4 Å². The van der Waals surface area contributed by atoms with Gasteiger partial charge in [-0.05, 0) is 11.6 Å². The number of rotatable bonds is 7. The molecule has 0 spiro atoms. The zero-order chi connectivity index (χ0) is 18.4. The van der Waals surface area contributed by atoms with Crippen molar-refractivity contribution in [1.82, 2.24) is 19.9 Å². The highest BCUT2D eigenvalue weighted by Crippen LogP contribution is 2.40. The summed E-state index contributed by atoms with van der Waals surface area (Å²) in [5.41, 5.74) is 0.668. The first-order chi connectivity index (χ1) is 12.7. The summed E-state index contributed by atoms with van der Waals surface area (Å²) in [6.45, 7) is 3.46. The zero-order valence-electron chi connectivity index (χ0n) is 14.6. The summed E-state index contributed by atoms with van der Waals surface area (Å²) in [6.07, 6.45) is 1.33. The Hall–Kier alpha value is -2.36. The van der Waals surface area contributed by atoms with Crippen molar-refractivity contribution in [2.24, 2.45) is 0 Å². The van der Waals surface area contributed by atoms with Gasteiger partial charge in [-0.3, -0.25) is 4.90 Å². The molecule has 1 saturated heterocycles. The lowest BCUT2D eigenvalue weighted by atomic mass is 10.2. The Balaban J connectivity index is 1.81. The van der Waals surface area contributed by atoms with Crippen LogP contribution in [0.25, 0.3) is 0 Å². The maximum Gasteiger partial charge on any atom is 0.231 e. The van der Waals surface area contributed by atoms with Crippen molar-refractivity contribution in [2.45, 2.75) is 0 Å². The first-order valence-electron chi connectivity index (χ1n) is 8.00. The van der Waals surface area contributed by atoms with Crippen LogP contribution in [0.1, 0.15) is 0 Å². The zero-order valence-corrected chi connectivity index (χ0v) is 15.3. The molecule has 0 atom stereocenters. The Morgan fingerprint density at radius 1 is 1.15 bits per heavy atom. The van der Waals surface area contributed by atoms with Gasteiger partial charge >= 0.3 is 0 Å². The fourth-order valence-corrected chi connectivity index (χ4v) is 2.59. The van der Waals surface area contributed by atoms with E-state index in [4.69, 9.17) is 30.5 Å². The van der Waals surface area contributed by atoms with Crippen molar-refractivity contribution < 1.29 is 18.9 Å². The predicted octanol–water partition coefficient (Wildman–Crippen LogP) is 1.95. The number of morpholine rings is 1. The van der Waals surface area contributed by atoms with Crippen molar-refractivity contribution in [3.8, 4) is 17.2 Å². The van der Waals surface area contributed by atoms with Gasteiger partial charge in [0.2, 0.25) is 17.0 Å². The molecule has 140 valence electrons. The molecule has 0 radical (unpaired) electrons. The smallest absolute Gasteiger partial charge is 0.231 e. The summed E-state index contributed by atoms with van der Waals surface area (Å²) in [5.74, 6) is 1.90. The van der Waals surface area contributed by atoms with Crippen LogP contribution in [0, 0.1) is 0 Å². The molecule has 1 aromatic heterocycles. The number of benzene rings is 1. The molecular weight excluding hydrogens is 362 g/mol. The summed E-state index contributed by atoms with van der Waals surface area (Å²) < 4.78 is 22.2. The number of hydrogen-bond acceptors (Lipinski definition) is 9. The average molecular weight is 382 g/mol. The van der Waals surface area contributed by atoms with Gasteiger partial charge in [-0.1, -0.05) is 0 Å². The molecule has 0 bridgehead atoms. The standard InChI is InChI=1S/C16H20ClN5O4/c1-23-12-7-11(20-16-19-9-18-15(17)21-16)8-13(14(12)24-2)26-10-22-3-5-25-6-4-22/h7-9H,3-6,10H2,1-2H3,(H,18,19,20,21). The minimum absolute atomic E-state index is 0.103. The Morgan fingerprint density at radius 3 is 2.62 bits per heavy atom. The van der Waals surface area contributed by atoms with E-state index >= 15 is 0 Å². The average Bonchev–Trinajstić information content (AvgIpc) is 2.66. The summed E-state index contributed by atoms with van der Waals surface area (Å²) in [4.78, 5) is 14.0. The van der Waals surface area contributed by atoms with Crippen LogP contribution in [0.5, 0.6) is 17.2 Å². The lowest BCUT2D eigenvalue weighted by Crippen LogP contribution is -2.38. The normalized spacial score (nSPS) is 14.7. The Bertz CT molecular complexity index is 743. The highest BCUT2D eigenvalue weighted by Gasteiger charge is 2.17. The molecule has 2 heterocycles. The van der Waals surface area contributed by atoms with Gasteiger partial charge in [0, 0.05) is 30.9 Å². The maximum absolute atomic E-state index is 5.96. The lowest BCUT2D eigenvalue weighted by Gasteiger charge is -2.27. The van der Waals surface area contributed by atoms with E-state index in [1.165, 1.54) is 6.33 Å². The molecule has 0 unspecified atom stereocenters. The first kappa shape index (κ1) is 18.4. The fraction of sp³-hybridized carbons (Fsp3) is 0.438. The van der Waals surface area contributed by atoms with Gasteiger partial charge in [-0.25, -0.2) is 9.97 Å². The summed E-state index contributed by atoms with van der Waals surface area (Å²) in [7, 11) is 3.13. The number of hydrogen-bond donors (Lipinski definition) is 1. The molecule has 3 rings (SSSR count). The molecule has 1 aliphatic rings. The fourth-order valence-electron chi connectivity index (χ4n) is 2.47. The molecule has 1 N–H and O–H groups in total. The molecule has 0 amide bonds. The molecule has 0 aliphatic carbocycles. The van der Waals surface area contributed by atoms with Crippen molar-refractivity contribution in [3.63, 3.8) is 0 Å². The Kier molecular flexibility index (Phi) is 6.26. The molecule has 2 aromatic rings. The van der Waals surface area contributed by atoms with Crippen LogP contribution in [-0.4, -0.2) is 67.1 Å². The SMILES string of the molecule is COc1cc(Nc2ncnc(Cl)n2)cc(OCN2CCOCC2)c1OC. The lowest BCUT2D eigenvalue weighted by molar-refractivity contribution is 0.00349. The van der Waals surface area contributed by atoms with E-state index in [1.807, 2.05) is 0 Å². The third-order valence-corrected chi connectivity index (χ3v) is 3.93.